The van der Waals surface area contributed by atoms with Crippen LogP contribution in [0.2, 0.25) is 0 Å². The summed E-state index contributed by atoms with van der Waals surface area (Å²) >= 11 is 0. The fourth-order valence-corrected chi connectivity index (χ4v) is 2.75. The van der Waals surface area contributed by atoms with Crippen molar-refractivity contribution >= 4 is 0 Å². The second-order valence-electron chi connectivity index (χ2n) is 6.37. The van der Waals surface area contributed by atoms with Crippen LogP contribution in [-0.4, -0.2) is 12.6 Å². The van der Waals surface area contributed by atoms with E-state index in [1.807, 2.05) is 0 Å². The van der Waals surface area contributed by atoms with Crippen molar-refractivity contribution in [3.63, 3.8) is 0 Å². The lowest BCUT2D eigenvalue weighted by Gasteiger charge is -2.10. The summed E-state index contributed by atoms with van der Waals surface area (Å²) < 4.78 is 0. The Labute approximate surface area is 128 Å². The molecule has 0 aliphatic rings. The molecule has 20 heavy (non-hydrogen) atoms. The van der Waals surface area contributed by atoms with Crippen molar-refractivity contribution in [3.05, 3.63) is 0 Å². The monoisotopic (exact) mass is 284 g/mol. The van der Waals surface area contributed by atoms with Gasteiger partial charge in [0.1, 0.15) is 0 Å². The lowest BCUT2D eigenvalue weighted by molar-refractivity contribution is 0.493. The summed E-state index contributed by atoms with van der Waals surface area (Å²) in [6.07, 6.45) is 20.2. The molecule has 1 atom stereocenters. The topological polar surface area (TPSA) is 52.0 Å². The molecule has 1 unspecified atom stereocenters. The Bertz CT molecular complexity index is 171. The lowest BCUT2D eigenvalue weighted by Crippen LogP contribution is -2.19. The normalized spacial score (nSPS) is 12.8. The molecule has 0 aromatic rings. The van der Waals surface area contributed by atoms with Crippen molar-refractivity contribution in [2.75, 3.05) is 6.54 Å². The Kier molecular flexibility index (Phi) is 16.9. The summed E-state index contributed by atoms with van der Waals surface area (Å²) in [7, 11) is 0. The minimum atomic E-state index is 0.462. The maximum atomic E-state index is 6.08. The van der Waals surface area contributed by atoms with Crippen LogP contribution in [0.4, 0.5) is 0 Å². The van der Waals surface area contributed by atoms with Crippen molar-refractivity contribution < 1.29 is 0 Å². The van der Waals surface area contributed by atoms with Gasteiger partial charge in [-0.05, 0) is 25.8 Å². The highest BCUT2D eigenvalue weighted by Gasteiger charge is 2.01. The Balaban J connectivity index is 3.02. The van der Waals surface area contributed by atoms with Crippen LogP contribution in [0.25, 0.3) is 0 Å². The Morgan fingerprint density at radius 3 is 1.45 bits per heavy atom. The largest absolute Gasteiger partial charge is 0.330 e. The molecule has 0 spiro atoms. The molecule has 0 radical (unpaired) electrons. The average Bonchev–Trinajstić information content (AvgIpc) is 2.46. The number of unbranched alkanes of at least 4 members (excludes halogenated alkanes) is 11. The zero-order valence-electron chi connectivity index (χ0n) is 14.0. The van der Waals surface area contributed by atoms with Crippen molar-refractivity contribution in [3.8, 4) is 0 Å². The summed E-state index contributed by atoms with van der Waals surface area (Å²) in [4.78, 5) is 0. The Morgan fingerprint density at radius 2 is 1.00 bits per heavy atom. The summed E-state index contributed by atoms with van der Waals surface area (Å²) in [6, 6.07) is 0.462. The van der Waals surface area contributed by atoms with Gasteiger partial charge in [0, 0.05) is 6.04 Å². The number of nitrogens with two attached hydrogens (primary N) is 2. The smallest absolute Gasteiger partial charge is 0.00388 e. The van der Waals surface area contributed by atoms with E-state index in [4.69, 9.17) is 11.5 Å². The summed E-state index contributed by atoms with van der Waals surface area (Å²) in [5.74, 6) is 0. The average molecular weight is 285 g/mol. The van der Waals surface area contributed by atoms with Crippen molar-refractivity contribution in [2.24, 2.45) is 11.5 Å². The third-order valence-corrected chi connectivity index (χ3v) is 4.21. The van der Waals surface area contributed by atoms with Gasteiger partial charge in [0.25, 0.3) is 0 Å². The van der Waals surface area contributed by atoms with Gasteiger partial charge in [-0.1, -0.05) is 84.0 Å². The highest BCUT2D eigenvalue weighted by Crippen LogP contribution is 2.13. The molecule has 4 N–H and O–H groups in total. The highest BCUT2D eigenvalue weighted by molar-refractivity contribution is 4.61. The van der Waals surface area contributed by atoms with Gasteiger partial charge in [0.2, 0.25) is 0 Å². The third kappa shape index (κ3) is 16.0. The molecule has 0 rings (SSSR count). The van der Waals surface area contributed by atoms with E-state index in [9.17, 15) is 0 Å². The predicted octanol–water partition coefficient (Wildman–Crippen LogP) is 5.14. The maximum absolute atomic E-state index is 6.08. The molecule has 0 fully saturated rings. The van der Waals surface area contributed by atoms with Crippen LogP contribution in [0.1, 0.15) is 103 Å². The van der Waals surface area contributed by atoms with E-state index in [1.165, 1.54) is 96.3 Å². The molecule has 0 heterocycles. The van der Waals surface area contributed by atoms with Gasteiger partial charge in [-0.25, -0.2) is 0 Å². The molecule has 0 aliphatic heterocycles. The van der Waals surface area contributed by atoms with Crippen LogP contribution in [-0.2, 0) is 0 Å². The summed E-state index contributed by atoms with van der Waals surface area (Å²) in [5, 5.41) is 0. The van der Waals surface area contributed by atoms with Gasteiger partial charge in [-0.3, -0.25) is 0 Å². The third-order valence-electron chi connectivity index (χ3n) is 4.21. The molecule has 0 saturated carbocycles. The minimum Gasteiger partial charge on any atom is -0.330 e. The van der Waals surface area contributed by atoms with Crippen molar-refractivity contribution in [2.45, 2.75) is 109 Å². The van der Waals surface area contributed by atoms with Gasteiger partial charge in [-0.2, -0.15) is 0 Å². The molecule has 0 bridgehead atoms. The van der Waals surface area contributed by atoms with Gasteiger partial charge in [0.05, 0.1) is 0 Å². The second-order valence-corrected chi connectivity index (χ2v) is 6.37. The van der Waals surface area contributed by atoms with E-state index in [1.54, 1.807) is 0 Å². The second kappa shape index (κ2) is 17.0. The van der Waals surface area contributed by atoms with E-state index in [2.05, 4.69) is 6.92 Å². The zero-order valence-corrected chi connectivity index (χ0v) is 14.0. The van der Waals surface area contributed by atoms with Gasteiger partial charge in [-0.15, -0.1) is 0 Å². The zero-order chi connectivity index (χ0) is 14.9. The number of hydrogen-bond acceptors (Lipinski definition) is 2. The molecule has 0 amide bonds. The molecule has 2 heteroatoms. The fourth-order valence-electron chi connectivity index (χ4n) is 2.75. The van der Waals surface area contributed by atoms with Crippen LogP contribution in [0.15, 0.2) is 0 Å². The molecule has 2 nitrogen and oxygen atoms in total. The molecule has 0 aliphatic carbocycles. The fraction of sp³-hybridized carbons (Fsp3) is 1.00. The molecular formula is C18H40N2. The van der Waals surface area contributed by atoms with Crippen LogP contribution >= 0.6 is 0 Å². The maximum Gasteiger partial charge on any atom is 0.00388 e. The van der Waals surface area contributed by atoms with Gasteiger partial charge in [0.15, 0.2) is 0 Å². The Morgan fingerprint density at radius 1 is 0.600 bits per heavy atom. The van der Waals surface area contributed by atoms with E-state index >= 15 is 0 Å². The standard InChI is InChI=1S/C18H40N2/c1-2-3-15-18(20)16-13-11-9-7-5-4-6-8-10-12-14-17-19/h18H,2-17,19-20H2,1H3. The van der Waals surface area contributed by atoms with Crippen LogP contribution in [0.3, 0.4) is 0 Å². The minimum absolute atomic E-state index is 0.462. The first-order valence-corrected chi connectivity index (χ1v) is 9.27. The first-order valence-electron chi connectivity index (χ1n) is 9.27. The predicted molar refractivity (Wildman–Crippen MR) is 92.0 cm³/mol. The Hall–Kier alpha value is -0.0800. The van der Waals surface area contributed by atoms with Crippen molar-refractivity contribution in [1.82, 2.24) is 0 Å². The summed E-state index contributed by atoms with van der Waals surface area (Å²) in [5.41, 5.74) is 11.6. The highest BCUT2D eigenvalue weighted by atomic mass is 14.6. The number of rotatable bonds is 16. The first-order chi connectivity index (χ1) is 9.81. The van der Waals surface area contributed by atoms with E-state index in [0.717, 1.165) is 6.54 Å². The van der Waals surface area contributed by atoms with E-state index < -0.39 is 0 Å². The molecule has 122 valence electrons. The van der Waals surface area contributed by atoms with Gasteiger partial charge >= 0.3 is 0 Å². The lowest BCUT2D eigenvalue weighted by atomic mass is 10.0. The van der Waals surface area contributed by atoms with E-state index in [-0.39, 0.29) is 0 Å². The van der Waals surface area contributed by atoms with Crippen LogP contribution in [0, 0.1) is 0 Å². The first kappa shape index (κ1) is 19.9. The summed E-state index contributed by atoms with van der Waals surface area (Å²) in [6.45, 7) is 3.10. The molecule has 0 aromatic heterocycles. The molecular weight excluding hydrogens is 244 g/mol. The molecule has 0 saturated heterocycles. The molecule has 0 aromatic carbocycles. The SMILES string of the molecule is CCCCC(N)CCCCCCCCCCCCCN. The quantitative estimate of drug-likeness (QED) is 0.385. The number of hydrogen-bond donors (Lipinski definition) is 2. The van der Waals surface area contributed by atoms with E-state index in [0.29, 0.717) is 6.04 Å². The van der Waals surface area contributed by atoms with Gasteiger partial charge < -0.3 is 11.5 Å². The van der Waals surface area contributed by atoms with Crippen molar-refractivity contribution in [1.29, 1.82) is 0 Å². The van der Waals surface area contributed by atoms with Crippen LogP contribution in [0.5, 0.6) is 0 Å². The van der Waals surface area contributed by atoms with Crippen LogP contribution < -0.4 is 11.5 Å².